The molecule has 0 aliphatic rings. The molecular formula is C22H26N2O4. The fourth-order valence-electron chi connectivity index (χ4n) is 2.73. The zero-order valence-electron chi connectivity index (χ0n) is 16.7. The SMILES string of the molecule is CCOC(=O)C(Nc1ccc(C#N)cc1)c1ccc(OC(C)C)c(COC)c1. The Morgan fingerprint density at radius 1 is 1.18 bits per heavy atom. The minimum Gasteiger partial charge on any atom is -0.491 e. The predicted octanol–water partition coefficient (Wildman–Crippen LogP) is 4.21. The number of nitrogens with zero attached hydrogens (tertiary/aromatic N) is 1. The van der Waals surface area contributed by atoms with E-state index in [1.807, 2.05) is 32.0 Å². The highest BCUT2D eigenvalue weighted by Crippen LogP contribution is 2.28. The molecule has 0 fully saturated rings. The van der Waals surface area contributed by atoms with Gasteiger partial charge in [-0.1, -0.05) is 6.07 Å². The lowest BCUT2D eigenvalue weighted by molar-refractivity contribution is -0.144. The van der Waals surface area contributed by atoms with Gasteiger partial charge in [-0.25, -0.2) is 4.79 Å². The molecule has 0 heterocycles. The number of carbonyl (C=O) groups is 1. The average molecular weight is 382 g/mol. The van der Waals surface area contributed by atoms with E-state index in [-0.39, 0.29) is 18.7 Å². The zero-order chi connectivity index (χ0) is 20.5. The highest BCUT2D eigenvalue weighted by molar-refractivity contribution is 5.81. The van der Waals surface area contributed by atoms with Gasteiger partial charge in [0.15, 0.2) is 6.04 Å². The molecule has 1 unspecified atom stereocenters. The van der Waals surface area contributed by atoms with Gasteiger partial charge in [0.1, 0.15) is 5.75 Å². The van der Waals surface area contributed by atoms with E-state index in [2.05, 4.69) is 11.4 Å². The second-order valence-corrected chi connectivity index (χ2v) is 6.49. The predicted molar refractivity (Wildman–Crippen MR) is 107 cm³/mol. The lowest BCUT2D eigenvalue weighted by Crippen LogP contribution is -2.23. The van der Waals surface area contributed by atoms with Gasteiger partial charge in [0, 0.05) is 18.4 Å². The van der Waals surface area contributed by atoms with E-state index in [0.29, 0.717) is 17.9 Å². The van der Waals surface area contributed by atoms with Crippen LogP contribution in [0.2, 0.25) is 0 Å². The second-order valence-electron chi connectivity index (χ2n) is 6.49. The van der Waals surface area contributed by atoms with Crippen molar-refractivity contribution in [3.63, 3.8) is 0 Å². The molecule has 0 saturated carbocycles. The standard InChI is InChI=1S/C22H26N2O4/c1-5-27-22(25)21(24-19-9-6-16(13-23)7-10-19)17-8-11-20(28-15(2)3)18(12-17)14-26-4/h6-12,15,21,24H,5,14H2,1-4H3. The number of benzene rings is 2. The van der Waals surface area contributed by atoms with Crippen molar-refractivity contribution >= 4 is 11.7 Å². The molecule has 6 heteroatoms. The molecular weight excluding hydrogens is 356 g/mol. The number of nitrogens with one attached hydrogen (secondary N) is 1. The molecule has 148 valence electrons. The molecule has 28 heavy (non-hydrogen) atoms. The van der Waals surface area contributed by atoms with Gasteiger partial charge in [-0.15, -0.1) is 0 Å². The summed E-state index contributed by atoms with van der Waals surface area (Å²) < 4.78 is 16.4. The van der Waals surface area contributed by atoms with Gasteiger partial charge in [-0.05, 0) is 62.7 Å². The summed E-state index contributed by atoms with van der Waals surface area (Å²) in [5, 5.41) is 12.1. The van der Waals surface area contributed by atoms with Crippen LogP contribution < -0.4 is 10.1 Å². The Morgan fingerprint density at radius 2 is 1.89 bits per heavy atom. The Hall–Kier alpha value is -3.04. The van der Waals surface area contributed by atoms with Crippen LogP contribution in [0.5, 0.6) is 5.75 Å². The van der Waals surface area contributed by atoms with Gasteiger partial charge < -0.3 is 19.5 Å². The normalized spacial score (nSPS) is 11.6. The first kappa shape index (κ1) is 21.3. The van der Waals surface area contributed by atoms with E-state index < -0.39 is 6.04 Å². The van der Waals surface area contributed by atoms with Crippen LogP contribution in [0.15, 0.2) is 42.5 Å². The summed E-state index contributed by atoms with van der Waals surface area (Å²) in [5.41, 5.74) is 2.86. The molecule has 0 aliphatic heterocycles. The summed E-state index contributed by atoms with van der Waals surface area (Å²) >= 11 is 0. The Morgan fingerprint density at radius 3 is 2.46 bits per heavy atom. The lowest BCUT2D eigenvalue weighted by Gasteiger charge is -2.21. The minimum absolute atomic E-state index is 0.0269. The molecule has 2 aromatic rings. The third-order valence-corrected chi connectivity index (χ3v) is 3.93. The van der Waals surface area contributed by atoms with Crippen LogP contribution in [0.4, 0.5) is 5.69 Å². The Balaban J connectivity index is 2.37. The lowest BCUT2D eigenvalue weighted by atomic mass is 10.0. The van der Waals surface area contributed by atoms with E-state index in [9.17, 15) is 4.79 Å². The molecule has 6 nitrogen and oxygen atoms in total. The molecule has 1 atom stereocenters. The number of carbonyl (C=O) groups excluding carboxylic acids is 1. The van der Waals surface area contributed by atoms with Gasteiger partial charge in [0.05, 0.1) is 31.0 Å². The van der Waals surface area contributed by atoms with Crippen molar-refractivity contribution in [3.05, 3.63) is 59.2 Å². The largest absolute Gasteiger partial charge is 0.491 e. The summed E-state index contributed by atoms with van der Waals surface area (Å²) in [5.74, 6) is 0.342. The zero-order valence-corrected chi connectivity index (χ0v) is 16.7. The smallest absolute Gasteiger partial charge is 0.333 e. The molecule has 0 saturated heterocycles. The number of anilines is 1. The first-order chi connectivity index (χ1) is 13.5. The molecule has 2 rings (SSSR count). The van der Waals surface area contributed by atoms with Gasteiger partial charge in [0.25, 0.3) is 0 Å². The van der Waals surface area contributed by atoms with Crippen LogP contribution in [-0.2, 0) is 20.9 Å². The fraction of sp³-hybridized carbons (Fsp3) is 0.364. The molecule has 0 bridgehead atoms. The number of methoxy groups -OCH3 is 1. The van der Waals surface area contributed by atoms with E-state index >= 15 is 0 Å². The summed E-state index contributed by atoms with van der Waals surface area (Å²) in [6.45, 7) is 6.33. The quantitative estimate of drug-likeness (QED) is 0.655. The van der Waals surface area contributed by atoms with Gasteiger partial charge >= 0.3 is 5.97 Å². The minimum atomic E-state index is -0.698. The number of ether oxygens (including phenoxy) is 3. The third-order valence-electron chi connectivity index (χ3n) is 3.93. The van der Waals surface area contributed by atoms with Crippen LogP contribution >= 0.6 is 0 Å². The van der Waals surface area contributed by atoms with Crippen molar-refractivity contribution in [2.45, 2.75) is 39.5 Å². The molecule has 2 aromatic carbocycles. The third kappa shape index (κ3) is 5.73. The van der Waals surface area contributed by atoms with Gasteiger partial charge in [-0.3, -0.25) is 0 Å². The summed E-state index contributed by atoms with van der Waals surface area (Å²) in [6.07, 6.45) is 0.0269. The van der Waals surface area contributed by atoms with Crippen molar-refractivity contribution in [2.24, 2.45) is 0 Å². The number of hydrogen-bond donors (Lipinski definition) is 1. The molecule has 0 amide bonds. The molecule has 0 aromatic heterocycles. The number of rotatable bonds is 9. The van der Waals surface area contributed by atoms with Crippen molar-refractivity contribution in [1.29, 1.82) is 5.26 Å². The van der Waals surface area contributed by atoms with Crippen molar-refractivity contribution in [2.75, 3.05) is 19.0 Å². The van der Waals surface area contributed by atoms with Crippen LogP contribution in [0, 0.1) is 11.3 Å². The Kier molecular flexibility index (Phi) is 7.85. The first-order valence-corrected chi connectivity index (χ1v) is 9.20. The first-order valence-electron chi connectivity index (χ1n) is 9.20. The van der Waals surface area contributed by atoms with Crippen LogP contribution in [0.25, 0.3) is 0 Å². The van der Waals surface area contributed by atoms with Crippen molar-refractivity contribution in [1.82, 2.24) is 0 Å². The fourth-order valence-corrected chi connectivity index (χ4v) is 2.73. The highest BCUT2D eigenvalue weighted by atomic mass is 16.5. The Labute approximate surface area is 166 Å². The van der Waals surface area contributed by atoms with Crippen LogP contribution in [0.1, 0.15) is 43.5 Å². The van der Waals surface area contributed by atoms with E-state index in [4.69, 9.17) is 19.5 Å². The molecule has 0 aliphatic carbocycles. The topological polar surface area (TPSA) is 80.6 Å². The number of esters is 1. The average Bonchev–Trinajstić information content (AvgIpc) is 2.68. The van der Waals surface area contributed by atoms with E-state index in [1.165, 1.54) is 0 Å². The second kappa shape index (κ2) is 10.3. The summed E-state index contributed by atoms with van der Waals surface area (Å²) in [6, 6.07) is 13.9. The van der Waals surface area contributed by atoms with Crippen molar-refractivity contribution < 1.29 is 19.0 Å². The summed E-state index contributed by atoms with van der Waals surface area (Å²) in [7, 11) is 1.61. The summed E-state index contributed by atoms with van der Waals surface area (Å²) in [4.78, 5) is 12.6. The molecule has 0 spiro atoms. The molecule has 0 radical (unpaired) electrons. The van der Waals surface area contributed by atoms with Gasteiger partial charge in [-0.2, -0.15) is 5.26 Å². The van der Waals surface area contributed by atoms with E-state index in [1.54, 1.807) is 38.3 Å². The van der Waals surface area contributed by atoms with Gasteiger partial charge in [0.2, 0.25) is 0 Å². The maximum Gasteiger partial charge on any atom is 0.333 e. The van der Waals surface area contributed by atoms with E-state index in [0.717, 1.165) is 16.9 Å². The maximum absolute atomic E-state index is 12.6. The maximum atomic E-state index is 12.6. The Bertz CT molecular complexity index is 825. The highest BCUT2D eigenvalue weighted by Gasteiger charge is 2.23. The van der Waals surface area contributed by atoms with Crippen LogP contribution in [-0.4, -0.2) is 25.8 Å². The van der Waals surface area contributed by atoms with Crippen LogP contribution in [0.3, 0.4) is 0 Å². The number of nitriles is 1. The number of hydrogen-bond acceptors (Lipinski definition) is 6. The monoisotopic (exact) mass is 382 g/mol. The molecule has 1 N–H and O–H groups in total. The van der Waals surface area contributed by atoms with Crippen molar-refractivity contribution in [3.8, 4) is 11.8 Å².